The maximum Gasteiger partial charge on any atom is 0.345 e. The normalized spacial score (nSPS) is 11.8. The maximum atomic E-state index is 11.4. The van der Waals surface area contributed by atoms with E-state index in [0.717, 1.165) is 0 Å². The molecule has 4 nitrogen and oxygen atoms in total. The lowest BCUT2D eigenvalue weighted by atomic mass is 10.1. The average molecular weight is 341 g/mol. The Morgan fingerprint density at radius 1 is 1.14 bits per heavy atom. The molecule has 0 amide bonds. The first kappa shape index (κ1) is 16.5. The van der Waals surface area contributed by atoms with Crippen LogP contribution in [0.1, 0.15) is 5.56 Å². The first-order valence-electron chi connectivity index (χ1n) is 6.47. The summed E-state index contributed by atoms with van der Waals surface area (Å²) in [5, 5.41) is 10.2. The second-order valence-corrected chi connectivity index (χ2v) is 5.40. The van der Waals surface area contributed by atoms with E-state index in [0.29, 0.717) is 27.1 Å². The summed E-state index contributed by atoms with van der Waals surface area (Å²) in [6.07, 6.45) is -0.913. The van der Waals surface area contributed by atoms with Gasteiger partial charge < -0.3 is 14.6 Å². The second-order valence-electron chi connectivity index (χ2n) is 4.56. The molecule has 6 heteroatoms. The topological polar surface area (TPSA) is 55.8 Å². The van der Waals surface area contributed by atoms with E-state index in [4.69, 9.17) is 32.7 Å². The van der Waals surface area contributed by atoms with E-state index in [1.165, 1.54) is 0 Å². The molecular formula is C16H14Cl2O4. The van der Waals surface area contributed by atoms with Crippen molar-refractivity contribution in [1.82, 2.24) is 0 Å². The highest BCUT2D eigenvalue weighted by Crippen LogP contribution is 2.24. The number of hydrogen-bond donors (Lipinski definition) is 1. The van der Waals surface area contributed by atoms with E-state index >= 15 is 0 Å². The fraction of sp³-hybridized carbons (Fsp3) is 0.188. The number of methoxy groups -OCH3 is 1. The van der Waals surface area contributed by atoms with Gasteiger partial charge in [-0.1, -0.05) is 29.3 Å². The number of aliphatic carboxylic acids is 1. The van der Waals surface area contributed by atoms with E-state index < -0.39 is 12.1 Å². The van der Waals surface area contributed by atoms with Crippen LogP contribution in [-0.4, -0.2) is 24.3 Å². The monoisotopic (exact) mass is 340 g/mol. The molecule has 0 bridgehead atoms. The number of rotatable bonds is 6. The molecule has 1 N–H and O–H groups in total. The predicted octanol–water partition coefficient (Wildman–Crippen LogP) is 4.08. The summed E-state index contributed by atoms with van der Waals surface area (Å²) in [4.78, 5) is 11.4. The Hall–Kier alpha value is -1.91. The third-order valence-electron chi connectivity index (χ3n) is 3.03. The molecule has 0 aliphatic rings. The molecule has 0 aromatic heterocycles. The lowest BCUT2D eigenvalue weighted by Gasteiger charge is -2.16. The van der Waals surface area contributed by atoms with E-state index in [1.807, 2.05) is 0 Å². The third kappa shape index (κ3) is 4.29. The van der Waals surface area contributed by atoms with Crippen molar-refractivity contribution in [2.24, 2.45) is 0 Å². The molecule has 0 heterocycles. The van der Waals surface area contributed by atoms with Gasteiger partial charge in [-0.3, -0.25) is 0 Å². The first-order valence-corrected chi connectivity index (χ1v) is 7.22. The first-order chi connectivity index (χ1) is 10.5. The highest BCUT2D eigenvalue weighted by molar-refractivity contribution is 6.35. The summed E-state index contributed by atoms with van der Waals surface area (Å²) >= 11 is 11.9. The van der Waals surface area contributed by atoms with Gasteiger partial charge in [0.2, 0.25) is 0 Å². The molecule has 2 aromatic carbocycles. The SMILES string of the molecule is COc1ccc(O[C@H](Cc2ccc(Cl)cc2Cl)C(=O)O)cc1. The molecule has 0 spiro atoms. The summed E-state index contributed by atoms with van der Waals surface area (Å²) < 4.78 is 10.6. The van der Waals surface area contributed by atoms with Gasteiger partial charge in [-0.25, -0.2) is 4.79 Å². The Balaban J connectivity index is 2.14. The molecule has 22 heavy (non-hydrogen) atoms. The summed E-state index contributed by atoms with van der Waals surface area (Å²) in [6, 6.07) is 11.6. The summed E-state index contributed by atoms with van der Waals surface area (Å²) in [6.45, 7) is 0. The maximum absolute atomic E-state index is 11.4. The van der Waals surface area contributed by atoms with Crippen LogP contribution in [-0.2, 0) is 11.2 Å². The predicted molar refractivity (Wildman–Crippen MR) is 85.2 cm³/mol. The molecule has 2 rings (SSSR count). The van der Waals surface area contributed by atoms with Gasteiger partial charge in [-0.15, -0.1) is 0 Å². The Labute approximate surface area is 138 Å². The number of ether oxygens (including phenoxy) is 2. The van der Waals surface area contributed by atoms with Gasteiger partial charge >= 0.3 is 5.97 Å². The Morgan fingerprint density at radius 3 is 2.32 bits per heavy atom. The van der Waals surface area contributed by atoms with Crippen LogP contribution in [0.5, 0.6) is 11.5 Å². The lowest BCUT2D eigenvalue weighted by molar-refractivity contribution is -0.145. The molecular weight excluding hydrogens is 327 g/mol. The van der Waals surface area contributed by atoms with Crippen molar-refractivity contribution in [3.8, 4) is 11.5 Å². The van der Waals surface area contributed by atoms with Crippen LogP contribution in [0.25, 0.3) is 0 Å². The molecule has 0 unspecified atom stereocenters. The van der Waals surface area contributed by atoms with Gasteiger partial charge in [0, 0.05) is 16.5 Å². The van der Waals surface area contributed by atoms with Crippen molar-refractivity contribution in [2.75, 3.05) is 7.11 Å². The Bertz CT molecular complexity index is 656. The zero-order valence-electron chi connectivity index (χ0n) is 11.8. The van der Waals surface area contributed by atoms with E-state index in [2.05, 4.69) is 0 Å². The minimum absolute atomic E-state index is 0.136. The van der Waals surface area contributed by atoms with Gasteiger partial charge in [-0.2, -0.15) is 0 Å². The number of carbonyl (C=O) groups is 1. The standard InChI is InChI=1S/C16H14Cl2O4/c1-21-12-4-6-13(7-5-12)22-15(16(19)20)8-10-2-3-11(17)9-14(10)18/h2-7,9,15H,8H2,1H3,(H,19,20)/t15-/m1/s1. The van der Waals surface area contributed by atoms with Crippen LogP contribution < -0.4 is 9.47 Å². The molecule has 2 aromatic rings. The molecule has 0 saturated carbocycles. The lowest BCUT2D eigenvalue weighted by Crippen LogP contribution is -2.29. The van der Waals surface area contributed by atoms with Crippen LogP contribution in [0.2, 0.25) is 10.0 Å². The summed E-state index contributed by atoms with van der Waals surface area (Å²) in [5.74, 6) is 0.0418. The van der Waals surface area contributed by atoms with Crippen molar-refractivity contribution in [3.05, 3.63) is 58.1 Å². The number of benzene rings is 2. The van der Waals surface area contributed by atoms with Crippen LogP contribution >= 0.6 is 23.2 Å². The van der Waals surface area contributed by atoms with E-state index in [-0.39, 0.29) is 6.42 Å². The smallest absolute Gasteiger partial charge is 0.345 e. The van der Waals surface area contributed by atoms with Crippen molar-refractivity contribution < 1.29 is 19.4 Å². The number of hydrogen-bond acceptors (Lipinski definition) is 3. The highest BCUT2D eigenvalue weighted by atomic mass is 35.5. The fourth-order valence-corrected chi connectivity index (χ4v) is 2.37. The van der Waals surface area contributed by atoms with Crippen molar-refractivity contribution in [2.45, 2.75) is 12.5 Å². The minimum Gasteiger partial charge on any atom is -0.497 e. The van der Waals surface area contributed by atoms with E-state index in [9.17, 15) is 9.90 Å². The summed E-state index contributed by atoms with van der Waals surface area (Å²) in [7, 11) is 1.55. The van der Waals surface area contributed by atoms with Crippen molar-refractivity contribution in [1.29, 1.82) is 0 Å². The molecule has 116 valence electrons. The molecule has 1 atom stereocenters. The zero-order chi connectivity index (χ0) is 16.1. The van der Waals surface area contributed by atoms with Gasteiger partial charge in [0.05, 0.1) is 7.11 Å². The largest absolute Gasteiger partial charge is 0.497 e. The zero-order valence-corrected chi connectivity index (χ0v) is 13.3. The van der Waals surface area contributed by atoms with Crippen molar-refractivity contribution in [3.63, 3.8) is 0 Å². The quantitative estimate of drug-likeness (QED) is 0.860. The number of carboxylic acids is 1. The molecule has 0 aliphatic heterocycles. The highest BCUT2D eigenvalue weighted by Gasteiger charge is 2.21. The Morgan fingerprint density at radius 2 is 1.77 bits per heavy atom. The fourth-order valence-electron chi connectivity index (χ4n) is 1.88. The van der Waals surface area contributed by atoms with Gasteiger partial charge in [0.25, 0.3) is 0 Å². The molecule has 0 aliphatic carbocycles. The Kier molecular flexibility index (Phi) is 5.52. The van der Waals surface area contributed by atoms with Crippen LogP contribution in [0.3, 0.4) is 0 Å². The number of carboxylic acid groups (broad SMARTS) is 1. The molecule has 0 fully saturated rings. The second kappa shape index (κ2) is 7.38. The van der Waals surface area contributed by atoms with Gasteiger partial charge in [-0.05, 0) is 42.0 Å². The molecule has 0 radical (unpaired) electrons. The van der Waals surface area contributed by atoms with Gasteiger partial charge in [0.15, 0.2) is 6.10 Å². The van der Waals surface area contributed by atoms with Crippen LogP contribution in [0, 0.1) is 0 Å². The van der Waals surface area contributed by atoms with Gasteiger partial charge in [0.1, 0.15) is 11.5 Å². The molecule has 0 saturated heterocycles. The van der Waals surface area contributed by atoms with Crippen LogP contribution in [0.15, 0.2) is 42.5 Å². The van der Waals surface area contributed by atoms with Crippen LogP contribution in [0.4, 0.5) is 0 Å². The number of halogens is 2. The summed E-state index contributed by atoms with van der Waals surface area (Å²) in [5.41, 5.74) is 0.659. The van der Waals surface area contributed by atoms with Crippen molar-refractivity contribution >= 4 is 29.2 Å². The average Bonchev–Trinajstić information content (AvgIpc) is 2.49. The van der Waals surface area contributed by atoms with E-state index in [1.54, 1.807) is 49.6 Å². The third-order valence-corrected chi connectivity index (χ3v) is 3.62. The minimum atomic E-state index is -1.07.